The monoisotopic (exact) mass is 768 g/mol. The van der Waals surface area contributed by atoms with Crippen LogP contribution in [0.15, 0.2) is 188 Å². The molecule has 3 aliphatic rings. The highest BCUT2D eigenvalue weighted by atomic mass is 32.1. The summed E-state index contributed by atoms with van der Waals surface area (Å²) in [5, 5.41) is 5.18. The van der Waals surface area contributed by atoms with E-state index in [1.807, 2.05) is 11.3 Å². The highest BCUT2D eigenvalue weighted by Gasteiger charge is 2.50. The number of benzene rings is 9. The van der Waals surface area contributed by atoms with Crippen molar-refractivity contribution in [3.63, 3.8) is 0 Å². The zero-order chi connectivity index (χ0) is 39.0. The van der Waals surface area contributed by atoms with Gasteiger partial charge in [0.05, 0.1) is 16.1 Å². The molecule has 0 bridgehead atoms. The molecule has 9 aromatic carbocycles. The molecule has 0 amide bonds. The fourth-order valence-electron chi connectivity index (χ4n) is 10.6. The van der Waals surface area contributed by atoms with Crippen LogP contribution in [0.4, 0.5) is 28.4 Å². The predicted molar refractivity (Wildman–Crippen MR) is 254 cm³/mol. The van der Waals surface area contributed by atoms with Gasteiger partial charge in [0.15, 0.2) is 0 Å². The molecule has 10 aromatic rings. The standard InChI is InChI=1S/C55H37BN2S/c1-55(2)45-24-14-25-47-52(45)57(49-32-38-20-10-9-19-37(38)31-46(49)55)53-51-43(33-44-41-23-11-12-26-50(41)59-54(44)53)42-30-39(35-17-7-4-8-18-35)27-28-48(42)58(56(47)51)40-22-13-21-36(29-40)34-15-5-3-6-16-34/h3-33H,1-2H3. The number of hydrogen-bond acceptors (Lipinski definition) is 3. The summed E-state index contributed by atoms with van der Waals surface area (Å²) >= 11 is 1.94. The molecule has 4 heteroatoms. The molecule has 1 aromatic heterocycles. The van der Waals surface area contributed by atoms with E-state index in [0.717, 1.165) is 0 Å². The van der Waals surface area contributed by atoms with Crippen molar-refractivity contribution >= 4 is 88.5 Å². The summed E-state index contributed by atoms with van der Waals surface area (Å²) in [4.78, 5) is 5.35. The Balaban J connectivity index is 1.20. The molecule has 0 unspecified atom stereocenters. The number of rotatable bonds is 3. The normalized spacial score (nSPS) is 14.3. The Morgan fingerprint density at radius 2 is 1.15 bits per heavy atom. The fraction of sp³-hybridized carbons (Fsp3) is 0.0545. The van der Waals surface area contributed by atoms with Crippen LogP contribution < -0.4 is 20.6 Å². The number of thiophene rings is 1. The summed E-state index contributed by atoms with van der Waals surface area (Å²) in [5.41, 5.74) is 19.0. The van der Waals surface area contributed by atoms with Gasteiger partial charge in [0.2, 0.25) is 0 Å². The largest absolute Gasteiger partial charge is 0.376 e. The molecule has 276 valence electrons. The Bertz CT molecular complexity index is 3380. The van der Waals surface area contributed by atoms with E-state index < -0.39 is 0 Å². The van der Waals surface area contributed by atoms with Crippen LogP contribution in [0.1, 0.15) is 25.0 Å². The molecule has 4 heterocycles. The fourth-order valence-corrected chi connectivity index (χ4v) is 11.8. The van der Waals surface area contributed by atoms with Crippen molar-refractivity contribution in [2.24, 2.45) is 0 Å². The SMILES string of the molecule is CC1(C)c2cc3ccccc3cc2N2c3c(cccc31)B1c3c(cc4c(sc5ccccc54)c32)-c2cc(-c3ccccc3)ccc2N1c1cccc(-c2ccccc2)c1. The Hall–Kier alpha value is -6.88. The minimum absolute atomic E-state index is 0.0697. The van der Waals surface area contributed by atoms with Gasteiger partial charge in [0.25, 0.3) is 0 Å². The molecular weight excluding hydrogens is 731 g/mol. The number of nitrogens with zero attached hydrogens (tertiary/aromatic N) is 2. The second-order valence-electron chi connectivity index (χ2n) is 16.9. The van der Waals surface area contributed by atoms with E-state index in [4.69, 9.17) is 0 Å². The summed E-state index contributed by atoms with van der Waals surface area (Å²) in [6, 6.07) is 70.5. The topological polar surface area (TPSA) is 6.48 Å². The third kappa shape index (κ3) is 4.58. The summed E-state index contributed by atoms with van der Waals surface area (Å²) in [5.74, 6) is 0. The smallest absolute Gasteiger partial charge is 0.333 e. The van der Waals surface area contributed by atoms with E-state index >= 15 is 0 Å². The highest BCUT2D eigenvalue weighted by Crippen LogP contribution is 2.58. The Labute approximate surface area is 348 Å². The maximum absolute atomic E-state index is 2.69. The molecule has 0 spiro atoms. The van der Waals surface area contributed by atoms with Crippen LogP contribution in [-0.4, -0.2) is 6.85 Å². The van der Waals surface area contributed by atoms with E-state index in [1.54, 1.807) is 0 Å². The quantitative estimate of drug-likeness (QED) is 0.165. The summed E-state index contributed by atoms with van der Waals surface area (Å²) in [6.45, 7) is 4.79. The molecule has 0 aliphatic carbocycles. The molecule has 0 radical (unpaired) electrons. The first-order valence-corrected chi connectivity index (χ1v) is 21.4. The average molecular weight is 769 g/mol. The third-order valence-electron chi connectivity index (χ3n) is 13.4. The second kappa shape index (κ2) is 12.1. The van der Waals surface area contributed by atoms with E-state index in [9.17, 15) is 0 Å². The van der Waals surface area contributed by atoms with Gasteiger partial charge < -0.3 is 9.71 Å². The van der Waals surface area contributed by atoms with Gasteiger partial charge in [0.1, 0.15) is 0 Å². The molecule has 0 fully saturated rings. The van der Waals surface area contributed by atoms with Crippen molar-refractivity contribution in [2.75, 3.05) is 9.71 Å². The van der Waals surface area contributed by atoms with Crippen LogP contribution in [0.25, 0.3) is 64.3 Å². The van der Waals surface area contributed by atoms with E-state index in [-0.39, 0.29) is 12.3 Å². The van der Waals surface area contributed by atoms with Crippen LogP contribution >= 0.6 is 11.3 Å². The second-order valence-corrected chi connectivity index (χ2v) is 17.9. The summed E-state index contributed by atoms with van der Waals surface area (Å²) in [6.07, 6.45) is 0. The van der Waals surface area contributed by atoms with Crippen molar-refractivity contribution in [3.8, 4) is 33.4 Å². The van der Waals surface area contributed by atoms with Crippen molar-refractivity contribution < 1.29 is 0 Å². The molecule has 2 nitrogen and oxygen atoms in total. The van der Waals surface area contributed by atoms with Gasteiger partial charge in [-0.1, -0.05) is 153 Å². The molecular formula is C55H37BN2S. The maximum Gasteiger partial charge on any atom is 0.333 e. The summed E-state index contributed by atoms with van der Waals surface area (Å²) < 4.78 is 2.66. The first kappa shape index (κ1) is 33.1. The molecule has 0 saturated heterocycles. The minimum atomic E-state index is -0.231. The van der Waals surface area contributed by atoms with Crippen LogP contribution in [-0.2, 0) is 5.41 Å². The molecule has 3 aliphatic heterocycles. The van der Waals surface area contributed by atoms with Crippen molar-refractivity contribution in [3.05, 3.63) is 199 Å². The van der Waals surface area contributed by atoms with Gasteiger partial charge in [-0.3, -0.25) is 0 Å². The number of hydrogen-bond donors (Lipinski definition) is 0. The maximum atomic E-state index is 2.69. The highest BCUT2D eigenvalue weighted by molar-refractivity contribution is 7.26. The zero-order valence-electron chi connectivity index (χ0n) is 32.8. The van der Waals surface area contributed by atoms with Gasteiger partial charge in [-0.15, -0.1) is 11.3 Å². The molecule has 0 saturated carbocycles. The van der Waals surface area contributed by atoms with Gasteiger partial charge in [-0.2, -0.15) is 0 Å². The van der Waals surface area contributed by atoms with Gasteiger partial charge in [-0.25, -0.2) is 0 Å². The Kier molecular flexibility index (Phi) is 6.78. The first-order valence-electron chi connectivity index (χ1n) is 20.6. The Morgan fingerprint density at radius 1 is 0.475 bits per heavy atom. The molecule has 0 N–H and O–H groups in total. The molecule has 0 atom stereocenters. The number of fused-ring (bicyclic) bond motifs is 11. The first-order chi connectivity index (χ1) is 29.0. The van der Waals surface area contributed by atoms with Crippen LogP contribution in [0.3, 0.4) is 0 Å². The lowest BCUT2D eigenvalue weighted by molar-refractivity contribution is 0.633. The van der Waals surface area contributed by atoms with Gasteiger partial charge in [-0.05, 0) is 109 Å². The number of para-hydroxylation sites is 1. The van der Waals surface area contributed by atoms with Crippen LogP contribution in [0.5, 0.6) is 0 Å². The average Bonchev–Trinajstić information content (AvgIpc) is 3.67. The van der Waals surface area contributed by atoms with Crippen molar-refractivity contribution in [2.45, 2.75) is 19.3 Å². The third-order valence-corrected chi connectivity index (χ3v) is 14.6. The van der Waals surface area contributed by atoms with Crippen LogP contribution in [0.2, 0.25) is 0 Å². The van der Waals surface area contributed by atoms with Crippen LogP contribution in [0, 0.1) is 0 Å². The minimum Gasteiger partial charge on any atom is -0.376 e. The van der Waals surface area contributed by atoms with E-state index in [1.165, 1.54) is 115 Å². The number of anilines is 5. The lowest BCUT2D eigenvalue weighted by Crippen LogP contribution is -2.62. The van der Waals surface area contributed by atoms with Gasteiger partial charge >= 0.3 is 6.85 Å². The lowest BCUT2D eigenvalue weighted by Gasteiger charge is -2.50. The Morgan fingerprint density at radius 3 is 1.95 bits per heavy atom. The molecule has 13 rings (SSSR count). The molecule has 59 heavy (non-hydrogen) atoms. The van der Waals surface area contributed by atoms with Crippen molar-refractivity contribution in [1.82, 2.24) is 0 Å². The van der Waals surface area contributed by atoms with Crippen molar-refractivity contribution in [1.29, 1.82) is 0 Å². The zero-order valence-corrected chi connectivity index (χ0v) is 33.6. The lowest BCUT2D eigenvalue weighted by atomic mass is 9.42. The van der Waals surface area contributed by atoms with Gasteiger partial charge in [0, 0.05) is 43.5 Å². The van der Waals surface area contributed by atoms with E-state index in [2.05, 4.69) is 212 Å². The predicted octanol–water partition coefficient (Wildman–Crippen LogP) is 13.9. The summed E-state index contributed by atoms with van der Waals surface area (Å²) in [7, 11) is 0. The van der Waals surface area contributed by atoms with E-state index in [0.29, 0.717) is 0 Å².